The Morgan fingerprint density at radius 2 is 1.69 bits per heavy atom. The Labute approximate surface area is 153 Å². The quantitative estimate of drug-likeness (QED) is 0.904. The number of benzene rings is 2. The van der Waals surface area contributed by atoms with Crippen LogP contribution in [0.2, 0.25) is 0 Å². The predicted octanol–water partition coefficient (Wildman–Crippen LogP) is 2.99. The predicted molar refractivity (Wildman–Crippen MR) is 99.2 cm³/mol. The van der Waals surface area contributed by atoms with Crippen LogP contribution in [0.3, 0.4) is 0 Å². The Morgan fingerprint density at radius 3 is 2.23 bits per heavy atom. The van der Waals surface area contributed by atoms with E-state index in [0.29, 0.717) is 18.4 Å². The second-order valence-electron chi connectivity index (χ2n) is 6.58. The van der Waals surface area contributed by atoms with E-state index in [0.717, 1.165) is 17.5 Å². The topological polar surface area (TPSA) is 73.2 Å². The summed E-state index contributed by atoms with van der Waals surface area (Å²) < 4.78 is 0. The van der Waals surface area contributed by atoms with Crippen LogP contribution in [0.1, 0.15) is 29.6 Å². The first-order chi connectivity index (χ1) is 12.6. The van der Waals surface area contributed by atoms with E-state index in [4.69, 9.17) is 0 Å². The molecule has 132 valence electrons. The molecule has 26 heavy (non-hydrogen) atoms. The summed E-state index contributed by atoms with van der Waals surface area (Å²) >= 11 is 0. The third-order valence-electron chi connectivity index (χ3n) is 5.06. The molecule has 0 radical (unpaired) electrons. The minimum atomic E-state index is -0.695. The summed E-state index contributed by atoms with van der Waals surface area (Å²) in [5.41, 5.74) is 1.91. The van der Waals surface area contributed by atoms with Gasteiger partial charge in [-0.2, -0.15) is 5.26 Å². The van der Waals surface area contributed by atoms with Crippen molar-refractivity contribution in [2.45, 2.75) is 24.8 Å². The first-order valence-corrected chi connectivity index (χ1v) is 8.67. The Bertz CT molecular complexity index is 834. The first-order valence-electron chi connectivity index (χ1n) is 8.67. The standard InChI is InChI=1S/C21H21N3O2/c1-24(21(15-22)12-5-13-21)19(25)14-23-20(26)18-10-8-17(9-11-18)16-6-3-2-4-7-16/h2-4,6-11H,5,12-14H2,1H3,(H,23,26). The molecular formula is C21H21N3O2. The van der Waals surface area contributed by atoms with Crippen LogP contribution in [-0.2, 0) is 4.79 Å². The van der Waals surface area contributed by atoms with Crippen molar-refractivity contribution in [3.63, 3.8) is 0 Å². The van der Waals surface area contributed by atoms with Gasteiger partial charge in [-0.15, -0.1) is 0 Å². The van der Waals surface area contributed by atoms with Gasteiger partial charge in [0.05, 0.1) is 12.6 Å². The highest BCUT2D eigenvalue weighted by atomic mass is 16.2. The lowest BCUT2D eigenvalue weighted by atomic mass is 9.76. The second kappa shape index (κ2) is 7.40. The van der Waals surface area contributed by atoms with Crippen LogP contribution >= 0.6 is 0 Å². The second-order valence-corrected chi connectivity index (χ2v) is 6.58. The van der Waals surface area contributed by atoms with Gasteiger partial charge in [-0.3, -0.25) is 9.59 Å². The van der Waals surface area contributed by atoms with E-state index in [9.17, 15) is 14.9 Å². The molecule has 2 amide bonds. The summed E-state index contributed by atoms with van der Waals surface area (Å²) in [6, 6.07) is 19.4. The average molecular weight is 347 g/mol. The molecule has 2 aromatic rings. The van der Waals surface area contributed by atoms with Crippen molar-refractivity contribution < 1.29 is 9.59 Å². The van der Waals surface area contributed by atoms with Crippen LogP contribution in [0.5, 0.6) is 0 Å². The van der Waals surface area contributed by atoms with E-state index >= 15 is 0 Å². The highest BCUT2D eigenvalue weighted by molar-refractivity contribution is 5.97. The largest absolute Gasteiger partial charge is 0.343 e. The number of likely N-dealkylation sites (N-methyl/N-ethyl adjacent to an activating group) is 1. The third-order valence-corrected chi connectivity index (χ3v) is 5.06. The molecule has 2 aromatic carbocycles. The van der Waals surface area contributed by atoms with Gasteiger partial charge in [-0.05, 0) is 42.5 Å². The van der Waals surface area contributed by atoms with Crippen LogP contribution in [0.15, 0.2) is 54.6 Å². The molecule has 5 heteroatoms. The van der Waals surface area contributed by atoms with Gasteiger partial charge in [-0.1, -0.05) is 42.5 Å². The molecule has 1 aliphatic rings. The molecule has 0 spiro atoms. The van der Waals surface area contributed by atoms with Crippen LogP contribution in [0, 0.1) is 11.3 Å². The number of hydrogen-bond donors (Lipinski definition) is 1. The molecular weight excluding hydrogens is 326 g/mol. The summed E-state index contributed by atoms with van der Waals surface area (Å²) in [5.74, 6) is -0.550. The number of carbonyl (C=O) groups is 2. The smallest absolute Gasteiger partial charge is 0.251 e. The van der Waals surface area contributed by atoms with Crippen molar-refractivity contribution in [1.82, 2.24) is 10.2 Å². The van der Waals surface area contributed by atoms with Gasteiger partial charge in [0.1, 0.15) is 5.54 Å². The maximum Gasteiger partial charge on any atom is 0.251 e. The molecule has 1 aliphatic carbocycles. The molecule has 3 rings (SSSR count). The number of rotatable bonds is 5. The van der Waals surface area contributed by atoms with Gasteiger partial charge < -0.3 is 10.2 Å². The minimum absolute atomic E-state index is 0.112. The Balaban J connectivity index is 1.58. The van der Waals surface area contributed by atoms with Gasteiger partial charge in [0.2, 0.25) is 5.91 Å². The van der Waals surface area contributed by atoms with Crippen molar-refractivity contribution >= 4 is 11.8 Å². The molecule has 1 saturated carbocycles. The van der Waals surface area contributed by atoms with Gasteiger partial charge >= 0.3 is 0 Å². The van der Waals surface area contributed by atoms with Crippen molar-refractivity contribution in [3.05, 3.63) is 60.2 Å². The van der Waals surface area contributed by atoms with E-state index in [-0.39, 0.29) is 18.4 Å². The fourth-order valence-electron chi connectivity index (χ4n) is 3.09. The van der Waals surface area contributed by atoms with Crippen molar-refractivity contribution in [2.24, 2.45) is 0 Å². The first kappa shape index (κ1) is 17.7. The lowest BCUT2D eigenvalue weighted by molar-refractivity contribution is -0.135. The molecule has 0 unspecified atom stereocenters. The van der Waals surface area contributed by atoms with Crippen molar-refractivity contribution in [3.8, 4) is 17.2 Å². The van der Waals surface area contributed by atoms with Crippen LogP contribution in [0.25, 0.3) is 11.1 Å². The van der Waals surface area contributed by atoms with Gasteiger partial charge in [0.15, 0.2) is 0 Å². The fraction of sp³-hybridized carbons (Fsp3) is 0.286. The number of nitriles is 1. The lowest BCUT2D eigenvalue weighted by Gasteiger charge is -2.42. The average Bonchev–Trinajstić information content (AvgIpc) is 2.66. The molecule has 1 N–H and O–H groups in total. The zero-order valence-corrected chi connectivity index (χ0v) is 14.7. The molecule has 0 atom stereocenters. The number of amides is 2. The zero-order chi connectivity index (χ0) is 18.6. The van der Waals surface area contributed by atoms with E-state index in [2.05, 4.69) is 11.4 Å². The summed E-state index contributed by atoms with van der Waals surface area (Å²) in [4.78, 5) is 26.0. The minimum Gasteiger partial charge on any atom is -0.343 e. The highest BCUT2D eigenvalue weighted by Crippen LogP contribution is 2.36. The molecule has 0 aromatic heterocycles. The number of nitrogens with zero attached hydrogens (tertiary/aromatic N) is 2. The number of nitrogens with one attached hydrogen (secondary N) is 1. The summed E-state index contributed by atoms with van der Waals surface area (Å²) in [5, 5.41) is 11.9. The van der Waals surface area contributed by atoms with Crippen LogP contribution in [0.4, 0.5) is 0 Å². The lowest BCUT2D eigenvalue weighted by Crippen LogP contribution is -2.55. The zero-order valence-electron chi connectivity index (χ0n) is 14.7. The summed E-state index contributed by atoms with van der Waals surface area (Å²) in [7, 11) is 1.63. The normalized spacial score (nSPS) is 14.6. The number of hydrogen-bond acceptors (Lipinski definition) is 3. The Hall–Kier alpha value is -3.13. The Kier molecular flexibility index (Phi) is 5.04. The van der Waals surface area contributed by atoms with Gasteiger partial charge in [0, 0.05) is 12.6 Å². The summed E-state index contributed by atoms with van der Waals surface area (Å²) in [6.07, 6.45) is 2.34. The maximum atomic E-state index is 12.3. The molecule has 1 fully saturated rings. The van der Waals surface area contributed by atoms with E-state index in [1.165, 1.54) is 4.90 Å². The van der Waals surface area contributed by atoms with Gasteiger partial charge in [-0.25, -0.2) is 0 Å². The summed E-state index contributed by atoms with van der Waals surface area (Å²) in [6.45, 7) is -0.112. The fourth-order valence-corrected chi connectivity index (χ4v) is 3.09. The Morgan fingerprint density at radius 1 is 1.08 bits per heavy atom. The van der Waals surface area contributed by atoms with E-state index in [1.807, 2.05) is 42.5 Å². The third kappa shape index (κ3) is 3.45. The van der Waals surface area contributed by atoms with Gasteiger partial charge in [0.25, 0.3) is 5.91 Å². The monoisotopic (exact) mass is 347 g/mol. The van der Waals surface area contributed by atoms with Crippen LogP contribution in [-0.4, -0.2) is 35.8 Å². The number of carbonyl (C=O) groups excluding carboxylic acids is 2. The van der Waals surface area contributed by atoms with Crippen LogP contribution < -0.4 is 5.32 Å². The maximum absolute atomic E-state index is 12.3. The molecule has 0 heterocycles. The molecule has 0 saturated heterocycles. The highest BCUT2D eigenvalue weighted by Gasteiger charge is 2.43. The SMILES string of the molecule is CN(C(=O)CNC(=O)c1ccc(-c2ccccc2)cc1)C1(C#N)CCC1. The van der Waals surface area contributed by atoms with Crippen molar-refractivity contribution in [2.75, 3.05) is 13.6 Å². The molecule has 0 aliphatic heterocycles. The van der Waals surface area contributed by atoms with Crippen molar-refractivity contribution in [1.29, 1.82) is 5.26 Å². The molecule has 5 nitrogen and oxygen atoms in total. The van der Waals surface area contributed by atoms with E-state index < -0.39 is 5.54 Å². The van der Waals surface area contributed by atoms with E-state index in [1.54, 1.807) is 19.2 Å². The molecule has 0 bridgehead atoms.